The summed E-state index contributed by atoms with van der Waals surface area (Å²) in [4.78, 5) is 43.5. The lowest BCUT2D eigenvalue weighted by molar-refractivity contribution is 1.05. The molecule has 0 fully saturated rings. The molecule has 0 saturated heterocycles. The monoisotopic (exact) mass is 1180 g/mol. The summed E-state index contributed by atoms with van der Waals surface area (Å²) in [5.41, 5.74) is 17.8. The van der Waals surface area contributed by atoms with Crippen molar-refractivity contribution < 1.29 is 0 Å². The maximum absolute atomic E-state index is 5.61. The van der Waals surface area contributed by atoms with Crippen LogP contribution in [0.4, 0.5) is 0 Å². The number of nitrogens with zero attached hydrogens (tertiary/aromatic N) is 10. The van der Waals surface area contributed by atoms with Crippen molar-refractivity contribution in [2.75, 3.05) is 0 Å². The van der Waals surface area contributed by atoms with Crippen molar-refractivity contribution in [3.8, 4) is 125 Å². The third kappa shape index (κ3) is 9.72. The van der Waals surface area contributed by atoms with E-state index in [9.17, 15) is 0 Å². The van der Waals surface area contributed by atoms with Gasteiger partial charge < -0.3 is 9.13 Å². The number of fused-ring (bicyclic) bond motifs is 6. The molecule has 0 atom stereocenters. The zero-order valence-corrected chi connectivity index (χ0v) is 49.5. The van der Waals surface area contributed by atoms with Crippen molar-refractivity contribution >= 4 is 43.6 Å². The third-order valence-electron chi connectivity index (χ3n) is 17.0. The third-order valence-corrected chi connectivity index (χ3v) is 17.0. The average molecular weight is 1180 g/mol. The fourth-order valence-electron chi connectivity index (χ4n) is 12.7. The lowest BCUT2D eigenvalue weighted by Crippen LogP contribution is -2.09. The van der Waals surface area contributed by atoms with Gasteiger partial charge in [-0.25, -0.2) is 39.9 Å². The van der Waals surface area contributed by atoms with Gasteiger partial charge in [0.2, 0.25) is 0 Å². The van der Waals surface area contributed by atoms with Crippen LogP contribution in [-0.4, -0.2) is 49.0 Å². The highest BCUT2D eigenvalue weighted by molar-refractivity contribution is 6.13. The number of para-hydroxylation sites is 2. The number of rotatable bonds is 12. The maximum atomic E-state index is 5.61. The molecular formula is C82H52N10. The zero-order chi connectivity index (χ0) is 60.9. The lowest BCUT2D eigenvalue weighted by atomic mass is 10.0. The molecule has 10 nitrogen and oxygen atoms in total. The van der Waals surface area contributed by atoms with Crippen LogP contribution in [-0.2, 0) is 0 Å². The Morgan fingerprint density at radius 2 is 0.511 bits per heavy atom. The van der Waals surface area contributed by atoms with E-state index >= 15 is 0 Å². The molecule has 0 unspecified atom stereocenters. The predicted molar refractivity (Wildman–Crippen MR) is 372 cm³/mol. The van der Waals surface area contributed by atoms with Gasteiger partial charge in [0, 0.05) is 82.9 Å². The molecule has 10 heteroatoms. The molecule has 0 aliphatic heterocycles. The molecule has 0 radical (unpaired) electrons. The van der Waals surface area contributed by atoms with Gasteiger partial charge in [0.25, 0.3) is 0 Å². The summed E-state index contributed by atoms with van der Waals surface area (Å²) in [5.74, 6) is 2.98. The topological polar surface area (TPSA) is 113 Å². The molecule has 0 spiro atoms. The Morgan fingerprint density at radius 1 is 0.185 bits per heavy atom. The lowest BCUT2D eigenvalue weighted by Gasteiger charge is -2.21. The summed E-state index contributed by atoms with van der Waals surface area (Å²) < 4.78 is 4.71. The highest BCUT2D eigenvalue weighted by atomic mass is 15.1. The quantitative estimate of drug-likeness (QED) is 0.119. The standard InChI is InChI=1S/C82H52N10/c1-7-25-53(26-8-1)68-39-23-41-70(83-68)59-46-48-74-65(49-59)63-38-20-21-43-72(63)91(74)61-51-66(81-87-77(55-29-11-3-12-30-55)85-78(88-81)56-31-13-4-14-32-56)76(67(52-61)82-89-79(57-33-15-5-16-34-57)86-80(90-82)58-35-17-6-18-36-58)92-73-44-22-19-37-62(73)64-47-45-60(50-75(64)92)71-42-24-40-69(84-71)54-27-9-2-10-28-54/h1-52H. The van der Waals surface area contributed by atoms with Crippen LogP contribution in [0.15, 0.2) is 315 Å². The molecule has 11 aromatic carbocycles. The fraction of sp³-hybridized carbons (Fsp3) is 0. The van der Waals surface area contributed by atoms with Crippen molar-refractivity contribution in [2.45, 2.75) is 0 Å². The number of hydrogen-bond acceptors (Lipinski definition) is 8. The number of pyridine rings is 2. The van der Waals surface area contributed by atoms with Crippen LogP contribution in [0.25, 0.3) is 168 Å². The van der Waals surface area contributed by atoms with E-state index in [1.807, 2.05) is 158 Å². The molecule has 6 heterocycles. The zero-order valence-electron chi connectivity index (χ0n) is 49.5. The Balaban J connectivity index is 1.01. The van der Waals surface area contributed by atoms with Crippen LogP contribution in [0.1, 0.15) is 0 Å². The first-order chi connectivity index (χ1) is 45.6. The molecule has 0 saturated carbocycles. The summed E-state index contributed by atoms with van der Waals surface area (Å²) >= 11 is 0. The molecule has 92 heavy (non-hydrogen) atoms. The molecule has 430 valence electrons. The van der Waals surface area contributed by atoms with Crippen LogP contribution in [0.5, 0.6) is 0 Å². The molecule has 0 aliphatic carbocycles. The molecule has 17 rings (SSSR count). The van der Waals surface area contributed by atoms with Crippen molar-refractivity contribution in [2.24, 2.45) is 0 Å². The van der Waals surface area contributed by atoms with E-state index < -0.39 is 0 Å². The molecule has 0 aliphatic rings. The van der Waals surface area contributed by atoms with Crippen molar-refractivity contribution in [3.63, 3.8) is 0 Å². The van der Waals surface area contributed by atoms with Gasteiger partial charge in [-0.05, 0) is 66.7 Å². The second-order valence-electron chi connectivity index (χ2n) is 22.7. The molecule has 0 amide bonds. The normalized spacial score (nSPS) is 11.5. The van der Waals surface area contributed by atoms with Crippen LogP contribution >= 0.6 is 0 Å². The first kappa shape index (κ1) is 53.6. The summed E-state index contributed by atoms with van der Waals surface area (Å²) in [6.07, 6.45) is 0. The fourth-order valence-corrected chi connectivity index (χ4v) is 12.7. The molecule has 17 aromatic rings. The average Bonchev–Trinajstić information content (AvgIpc) is 1.51. The van der Waals surface area contributed by atoms with Gasteiger partial charge in [0.15, 0.2) is 34.9 Å². The smallest absolute Gasteiger partial charge is 0.166 e. The molecular weight excluding hydrogens is 1120 g/mol. The van der Waals surface area contributed by atoms with Gasteiger partial charge in [-0.1, -0.05) is 249 Å². The summed E-state index contributed by atoms with van der Waals surface area (Å²) in [5, 5.41) is 4.24. The second kappa shape index (κ2) is 22.8. The Bertz CT molecular complexity index is 5360. The van der Waals surface area contributed by atoms with Gasteiger partial charge in [-0.15, -0.1) is 0 Å². The number of aromatic nitrogens is 10. The van der Waals surface area contributed by atoms with E-state index in [2.05, 4.69) is 167 Å². The summed E-state index contributed by atoms with van der Waals surface area (Å²) in [6.45, 7) is 0. The second-order valence-corrected chi connectivity index (χ2v) is 22.7. The Labute approximate surface area is 529 Å². The van der Waals surface area contributed by atoms with Crippen molar-refractivity contribution in [1.82, 2.24) is 49.0 Å². The number of hydrogen-bond donors (Lipinski definition) is 0. The first-order valence-electron chi connectivity index (χ1n) is 30.7. The van der Waals surface area contributed by atoms with Crippen LogP contribution in [0.2, 0.25) is 0 Å². The minimum absolute atomic E-state index is 0.447. The Hall–Kier alpha value is -12.7. The summed E-state index contributed by atoms with van der Waals surface area (Å²) in [7, 11) is 0. The molecule has 0 bridgehead atoms. The van der Waals surface area contributed by atoms with Gasteiger partial charge in [0.1, 0.15) is 0 Å². The summed E-state index contributed by atoms with van der Waals surface area (Å²) in [6, 6.07) is 109. The largest absolute Gasteiger partial charge is 0.309 e. The van der Waals surface area contributed by atoms with E-state index in [1.165, 1.54) is 0 Å². The highest BCUT2D eigenvalue weighted by Crippen LogP contribution is 2.45. The van der Waals surface area contributed by atoms with Crippen LogP contribution in [0.3, 0.4) is 0 Å². The van der Waals surface area contributed by atoms with Gasteiger partial charge in [0.05, 0.1) is 50.5 Å². The van der Waals surface area contributed by atoms with E-state index in [4.69, 9.17) is 39.9 Å². The van der Waals surface area contributed by atoms with Gasteiger partial charge >= 0.3 is 0 Å². The maximum Gasteiger partial charge on any atom is 0.166 e. The van der Waals surface area contributed by atoms with Crippen LogP contribution in [0, 0.1) is 0 Å². The SMILES string of the molecule is c1ccc(-c2cccc(-c3ccc4c(c3)c3ccccc3n4-c3cc(-c4nc(-c5ccccc5)nc(-c5ccccc5)n4)c(-n4c5ccccc5c5ccc(-c6cccc(-c7ccccc7)n6)cc54)c(-c4nc(-c5ccccc5)nc(-c5ccccc5)n4)c3)n2)cc1. The highest BCUT2D eigenvalue weighted by Gasteiger charge is 2.28. The Morgan fingerprint density at radius 3 is 0.957 bits per heavy atom. The van der Waals surface area contributed by atoms with Gasteiger partial charge in [-0.3, -0.25) is 0 Å². The van der Waals surface area contributed by atoms with Crippen molar-refractivity contribution in [3.05, 3.63) is 315 Å². The van der Waals surface area contributed by atoms with Gasteiger partial charge in [-0.2, -0.15) is 0 Å². The van der Waals surface area contributed by atoms with E-state index in [1.54, 1.807) is 0 Å². The molecule has 0 N–H and O–H groups in total. The van der Waals surface area contributed by atoms with E-state index in [0.29, 0.717) is 46.1 Å². The Kier molecular flexibility index (Phi) is 13.3. The van der Waals surface area contributed by atoms with E-state index in [-0.39, 0.29) is 0 Å². The van der Waals surface area contributed by atoms with Crippen LogP contribution < -0.4 is 0 Å². The van der Waals surface area contributed by atoms with E-state index in [0.717, 1.165) is 122 Å². The first-order valence-corrected chi connectivity index (χ1v) is 30.7. The van der Waals surface area contributed by atoms with Crippen molar-refractivity contribution in [1.29, 1.82) is 0 Å². The predicted octanol–water partition coefficient (Wildman–Crippen LogP) is 19.7. The minimum atomic E-state index is 0.447. The molecule has 6 aromatic heterocycles. The minimum Gasteiger partial charge on any atom is -0.309 e. The number of benzene rings is 11.